The van der Waals surface area contributed by atoms with Gasteiger partial charge in [0.15, 0.2) is 0 Å². The topological polar surface area (TPSA) is 38.3 Å². The van der Waals surface area contributed by atoms with Gasteiger partial charge in [-0.2, -0.15) is 0 Å². The van der Waals surface area contributed by atoms with Crippen LogP contribution in [0, 0.1) is 6.92 Å². The summed E-state index contributed by atoms with van der Waals surface area (Å²) in [6.45, 7) is 2.16. The first kappa shape index (κ1) is 15.7. The van der Waals surface area contributed by atoms with Crippen LogP contribution in [0.3, 0.4) is 0 Å². The van der Waals surface area contributed by atoms with Crippen molar-refractivity contribution < 1.29 is 9.53 Å². The van der Waals surface area contributed by atoms with Gasteiger partial charge in [-0.05, 0) is 42.8 Å². The fourth-order valence-corrected chi connectivity index (χ4v) is 2.21. The fraction of sp³-hybridized carbons (Fsp3) is 0.188. The summed E-state index contributed by atoms with van der Waals surface area (Å²) in [6, 6.07) is 12.5. The Balaban J connectivity index is 1.84. The van der Waals surface area contributed by atoms with Crippen LogP contribution >= 0.6 is 23.2 Å². The van der Waals surface area contributed by atoms with Gasteiger partial charge < -0.3 is 10.1 Å². The lowest BCUT2D eigenvalue weighted by Gasteiger charge is -2.10. The standard InChI is InChI=1S/C16H15Cl2NO2/c1-11-10-12(17)6-7-14(11)19-16(20)8-9-21-15-5-3-2-4-13(15)18/h2-7,10H,8-9H2,1H3,(H,19,20). The lowest BCUT2D eigenvalue weighted by molar-refractivity contribution is -0.116. The maximum atomic E-state index is 11.9. The van der Waals surface area contributed by atoms with Gasteiger partial charge in [0.05, 0.1) is 18.1 Å². The van der Waals surface area contributed by atoms with Crippen molar-refractivity contribution in [2.75, 3.05) is 11.9 Å². The lowest BCUT2D eigenvalue weighted by atomic mass is 10.2. The number of para-hydroxylation sites is 1. The van der Waals surface area contributed by atoms with Crippen LogP contribution in [0.4, 0.5) is 5.69 Å². The molecule has 0 fully saturated rings. The average molecular weight is 324 g/mol. The zero-order valence-electron chi connectivity index (χ0n) is 11.5. The van der Waals surface area contributed by atoms with Gasteiger partial charge >= 0.3 is 0 Å². The highest BCUT2D eigenvalue weighted by Crippen LogP contribution is 2.23. The van der Waals surface area contributed by atoms with Gasteiger partial charge in [-0.3, -0.25) is 4.79 Å². The summed E-state index contributed by atoms with van der Waals surface area (Å²) in [5, 5.41) is 4.01. The minimum Gasteiger partial charge on any atom is -0.491 e. The molecule has 1 N–H and O–H groups in total. The highest BCUT2D eigenvalue weighted by atomic mass is 35.5. The summed E-state index contributed by atoms with van der Waals surface area (Å²) < 4.78 is 5.48. The smallest absolute Gasteiger partial charge is 0.227 e. The Morgan fingerprint density at radius 1 is 1.19 bits per heavy atom. The van der Waals surface area contributed by atoms with Crippen molar-refractivity contribution in [3.63, 3.8) is 0 Å². The molecule has 0 aromatic heterocycles. The first-order valence-corrected chi connectivity index (χ1v) is 7.25. The first-order chi connectivity index (χ1) is 10.1. The molecule has 0 atom stereocenters. The van der Waals surface area contributed by atoms with E-state index in [1.54, 1.807) is 30.3 Å². The number of carbonyl (C=O) groups is 1. The highest BCUT2D eigenvalue weighted by Gasteiger charge is 2.06. The SMILES string of the molecule is Cc1cc(Cl)ccc1NC(=O)CCOc1ccccc1Cl. The zero-order chi connectivity index (χ0) is 15.2. The number of anilines is 1. The van der Waals surface area contributed by atoms with Gasteiger partial charge in [0.2, 0.25) is 5.91 Å². The number of amides is 1. The number of benzene rings is 2. The second-order valence-electron chi connectivity index (χ2n) is 4.54. The van der Waals surface area contributed by atoms with Gasteiger partial charge in [-0.1, -0.05) is 35.3 Å². The third-order valence-electron chi connectivity index (χ3n) is 2.89. The average Bonchev–Trinajstić information content (AvgIpc) is 2.44. The summed E-state index contributed by atoms with van der Waals surface area (Å²) in [7, 11) is 0. The van der Waals surface area contributed by atoms with Gasteiger partial charge in [0.25, 0.3) is 0 Å². The minimum atomic E-state index is -0.118. The molecule has 0 aliphatic heterocycles. The van der Waals surface area contributed by atoms with Gasteiger partial charge in [-0.25, -0.2) is 0 Å². The molecule has 0 unspecified atom stereocenters. The van der Waals surface area contributed by atoms with Crippen molar-refractivity contribution >= 4 is 34.8 Å². The number of ether oxygens (including phenoxy) is 1. The summed E-state index contributed by atoms with van der Waals surface area (Å²) in [5.74, 6) is 0.460. The Morgan fingerprint density at radius 2 is 1.95 bits per heavy atom. The molecule has 0 heterocycles. The third kappa shape index (κ3) is 4.66. The van der Waals surface area contributed by atoms with Crippen LogP contribution in [0.15, 0.2) is 42.5 Å². The number of hydrogen-bond acceptors (Lipinski definition) is 2. The molecule has 0 saturated heterocycles. The minimum absolute atomic E-state index is 0.118. The summed E-state index contributed by atoms with van der Waals surface area (Å²) >= 11 is 11.8. The molecule has 3 nitrogen and oxygen atoms in total. The van der Waals surface area contributed by atoms with E-state index >= 15 is 0 Å². The summed E-state index contributed by atoms with van der Waals surface area (Å²) in [4.78, 5) is 11.9. The molecular weight excluding hydrogens is 309 g/mol. The van der Waals surface area contributed by atoms with Crippen molar-refractivity contribution in [1.29, 1.82) is 0 Å². The molecule has 2 aromatic carbocycles. The van der Waals surface area contributed by atoms with Gasteiger partial charge in [-0.15, -0.1) is 0 Å². The summed E-state index contributed by atoms with van der Waals surface area (Å²) in [6.07, 6.45) is 0.243. The van der Waals surface area contributed by atoms with E-state index in [4.69, 9.17) is 27.9 Å². The Labute approximate surface area is 133 Å². The molecule has 0 bridgehead atoms. The number of aryl methyl sites for hydroxylation is 1. The molecule has 0 aliphatic rings. The molecule has 2 aromatic rings. The van der Waals surface area contributed by atoms with E-state index in [0.29, 0.717) is 15.8 Å². The number of nitrogens with one attached hydrogen (secondary N) is 1. The van der Waals surface area contributed by atoms with E-state index in [2.05, 4.69) is 5.32 Å². The van der Waals surface area contributed by atoms with Crippen LogP contribution < -0.4 is 10.1 Å². The number of hydrogen-bond donors (Lipinski definition) is 1. The maximum Gasteiger partial charge on any atom is 0.227 e. The van der Waals surface area contributed by atoms with E-state index in [0.717, 1.165) is 11.3 Å². The van der Waals surface area contributed by atoms with Crippen molar-refractivity contribution in [3.05, 3.63) is 58.1 Å². The number of rotatable bonds is 5. The second-order valence-corrected chi connectivity index (χ2v) is 5.38. The van der Waals surface area contributed by atoms with E-state index in [-0.39, 0.29) is 18.9 Å². The van der Waals surface area contributed by atoms with E-state index in [9.17, 15) is 4.79 Å². The lowest BCUT2D eigenvalue weighted by Crippen LogP contribution is -2.15. The quantitative estimate of drug-likeness (QED) is 0.865. The Morgan fingerprint density at radius 3 is 2.67 bits per heavy atom. The molecule has 0 radical (unpaired) electrons. The Bertz CT molecular complexity index is 644. The van der Waals surface area contributed by atoms with Crippen LogP contribution in [0.25, 0.3) is 0 Å². The van der Waals surface area contributed by atoms with Crippen molar-refractivity contribution in [2.45, 2.75) is 13.3 Å². The van der Waals surface area contributed by atoms with Crippen LogP contribution in [0.2, 0.25) is 10.0 Å². The predicted octanol–water partition coefficient (Wildman–Crippen LogP) is 4.71. The molecule has 5 heteroatoms. The number of carbonyl (C=O) groups excluding carboxylic acids is 1. The van der Waals surface area contributed by atoms with Crippen molar-refractivity contribution in [2.24, 2.45) is 0 Å². The molecule has 1 amide bonds. The van der Waals surface area contributed by atoms with Gasteiger partial charge in [0, 0.05) is 10.7 Å². The Hall–Kier alpha value is -1.71. The highest BCUT2D eigenvalue weighted by molar-refractivity contribution is 6.32. The van der Waals surface area contributed by atoms with Crippen molar-refractivity contribution in [3.8, 4) is 5.75 Å². The molecule has 0 saturated carbocycles. The normalized spacial score (nSPS) is 10.2. The van der Waals surface area contributed by atoms with Crippen LogP contribution in [-0.2, 0) is 4.79 Å². The van der Waals surface area contributed by atoms with E-state index in [1.165, 1.54) is 0 Å². The molecule has 110 valence electrons. The molecule has 0 spiro atoms. The van der Waals surface area contributed by atoms with Crippen LogP contribution in [-0.4, -0.2) is 12.5 Å². The largest absolute Gasteiger partial charge is 0.491 e. The molecule has 21 heavy (non-hydrogen) atoms. The third-order valence-corrected chi connectivity index (χ3v) is 3.43. The number of halogens is 2. The van der Waals surface area contributed by atoms with Crippen LogP contribution in [0.1, 0.15) is 12.0 Å². The van der Waals surface area contributed by atoms with Crippen LogP contribution in [0.5, 0.6) is 5.75 Å². The van der Waals surface area contributed by atoms with Crippen molar-refractivity contribution in [1.82, 2.24) is 0 Å². The first-order valence-electron chi connectivity index (χ1n) is 6.49. The maximum absolute atomic E-state index is 11.9. The fourth-order valence-electron chi connectivity index (χ4n) is 1.80. The summed E-state index contributed by atoms with van der Waals surface area (Å²) in [5.41, 5.74) is 1.67. The zero-order valence-corrected chi connectivity index (χ0v) is 13.0. The van der Waals surface area contributed by atoms with E-state index in [1.807, 2.05) is 19.1 Å². The second kappa shape index (κ2) is 7.34. The van der Waals surface area contributed by atoms with E-state index < -0.39 is 0 Å². The monoisotopic (exact) mass is 323 g/mol. The molecular formula is C16H15Cl2NO2. The Kier molecular flexibility index (Phi) is 5.48. The predicted molar refractivity (Wildman–Crippen MR) is 86.4 cm³/mol. The van der Waals surface area contributed by atoms with Gasteiger partial charge in [0.1, 0.15) is 5.75 Å². The molecule has 2 rings (SSSR count). The molecule has 0 aliphatic carbocycles.